The lowest BCUT2D eigenvalue weighted by Gasteiger charge is -1.96. The summed E-state index contributed by atoms with van der Waals surface area (Å²) in [6.45, 7) is 6.62. The molecule has 0 nitrogen and oxygen atoms in total. The van der Waals surface area contributed by atoms with Crippen LogP contribution in [-0.4, -0.2) is 0 Å². The summed E-state index contributed by atoms with van der Waals surface area (Å²) in [5.41, 5.74) is 1.53. The summed E-state index contributed by atoms with van der Waals surface area (Å²) in [6.07, 6.45) is 14.5. The predicted octanol–water partition coefficient (Wildman–Crippen LogP) is 4.87. The molecule has 0 unspecified atom stereocenters. The van der Waals surface area contributed by atoms with Gasteiger partial charge in [-0.25, -0.2) is 0 Å². The molecule has 0 rings (SSSR count). The Morgan fingerprint density at radius 3 is 2.31 bits per heavy atom. The molecule has 0 saturated heterocycles. The fraction of sp³-hybridized carbons (Fsp3) is 0.692. The van der Waals surface area contributed by atoms with Gasteiger partial charge in [0.05, 0.1) is 0 Å². The lowest BCUT2D eigenvalue weighted by molar-refractivity contribution is 0.756. The van der Waals surface area contributed by atoms with E-state index in [1.165, 1.54) is 44.1 Å². The Morgan fingerprint density at radius 1 is 1.00 bits per heavy atom. The van der Waals surface area contributed by atoms with E-state index < -0.39 is 0 Å². The number of allylic oxidation sites excluding steroid dienone is 4. The fourth-order valence-corrected chi connectivity index (χ4v) is 1.18. The molecule has 0 fully saturated rings. The van der Waals surface area contributed by atoms with E-state index in [2.05, 4.69) is 39.0 Å². The topological polar surface area (TPSA) is 0 Å². The molecule has 0 aliphatic rings. The Morgan fingerprint density at radius 2 is 1.69 bits per heavy atom. The van der Waals surface area contributed by atoms with Crippen LogP contribution in [0.2, 0.25) is 0 Å². The van der Waals surface area contributed by atoms with Crippen LogP contribution < -0.4 is 0 Å². The summed E-state index contributed by atoms with van der Waals surface area (Å²) in [5.74, 6) is 0. The highest BCUT2D eigenvalue weighted by atomic mass is 13.9. The minimum atomic E-state index is 1.18. The summed E-state index contributed by atoms with van der Waals surface area (Å²) >= 11 is 0. The van der Waals surface area contributed by atoms with Crippen LogP contribution in [0.4, 0.5) is 0 Å². The van der Waals surface area contributed by atoms with Gasteiger partial charge in [0, 0.05) is 0 Å². The van der Waals surface area contributed by atoms with Gasteiger partial charge in [-0.2, -0.15) is 0 Å². The molecule has 0 aliphatic carbocycles. The Hall–Kier alpha value is -0.520. The molecule has 0 heterocycles. The van der Waals surface area contributed by atoms with Crippen molar-refractivity contribution in [2.24, 2.45) is 0 Å². The van der Waals surface area contributed by atoms with Crippen LogP contribution in [0.15, 0.2) is 23.8 Å². The average Bonchev–Trinajstić information content (AvgIpc) is 2.16. The maximum absolute atomic E-state index is 2.38. The molecule has 0 aliphatic heterocycles. The van der Waals surface area contributed by atoms with Crippen molar-refractivity contribution in [1.29, 1.82) is 0 Å². The van der Waals surface area contributed by atoms with E-state index >= 15 is 0 Å². The monoisotopic (exact) mass is 180 g/mol. The highest BCUT2D eigenvalue weighted by Gasteiger charge is 1.85. The minimum Gasteiger partial charge on any atom is -0.0888 e. The number of hydrogen-bond acceptors (Lipinski definition) is 0. The van der Waals surface area contributed by atoms with E-state index in [0.717, 1.165) is 0 Å². The van der Waals surface area contributed by atoms with Gasteiger partial charge in [-0.15, -0.1) is 0 Å². The van der Waals surface area contributed by atoms with Crippen LogP contribution >= 0.6 is 0 Å². The smallest absolute Gasteiger partial charge is 0.0348 e. The van der Waals surface area contributed by atoms with Gasteiger partial charge in [0.15, 0.2) is 0 Å². The molecule has 0 aromatic carbocycles. The second-order valence-electron chi connectivity index (χ2n) is 3.57. The summed E-state index contributed by atoms with van der Waals surface area (Å²) in [6, 6.07) is 0. The summed E-state index contributed by atoms with van der Waals surface area (Å²) in [4.78, 5) is 0. The van der Waals surface area contributed by atoms with Crippen LogP contribution in [0.25, 0.3) is 0 Å². The van der Waals surface area contributed by atoms with E-state index in [9.17, 15) is 0 Å². The molecule has 0 aromatic heterocycles. The van der Waals surface area contributed by atoms with Crippen molar-refractivity contribution < 1.29 is 0 Å². The van der Waals surface area contributed by atoms with Crippen LogP contribution in [0.5, 0.6) is 0 Å². The molecule has 0 bridgehead atoms. The van der Waals surface area contributed by atoms with Gasteiger partial charge in [-0.1, -0.05) is 37.6 Å². The van der Waals surface area contributed by atoms with E-state index in [1.807, 2.05) is 0 Å². The van der Waals surface area contributed by atoms with Crippen molar-refractivity contribution >= 4 is 0 Å². The van der Waals surface area contributed by atoms with Crippen molar-refractivity contribution in [3.05, 3.63) is 23.8 Å². The zero-order valence-electron chi connectivity index (χ0n) is 9.47. The van der Waals surface area contributed by atoms with Crippen molar-refractivity contribution in [1.82, 2.24) is 0 Å². The minimum absolute atomic E-state index is 1.18. The van der Waals surface area contributed by atoms with Crippen LogP contribution in [0.3, 0.4) is 0 Å². The third-order valence-electron chi connectivity index (χ3n) is 2.28. The Kier molecular flexibility index (Phi) is 9.18. The van der Waals surface area contributed by atoms with Crippen molar-refractivity contribution in [3.8, 4) is 0 Å². The first kappa shape index (κ1) is 12.5. The van der Waals surface area contributed by atoms with Crippen molar-refractivity contribution in [3.63, 3.8) is 0 Å². The number of hydrogen-bond donors (Lipinski definition) is 0. The van der Waals surface area contributed by atoms with E-state index in [-0.39, 0.29) is 0 Å². The van der Waals surface area contributed by atoms with Gasteiger partial charge in [-0.05, 0) is 45.4 Å². The normalized spacial score (nSPS) is 12.7. The van der Waals surface area contributed by atoms with Gasteiger partial charge in [-0.3, -0.25) is 0 Å². The first-order valence-corrected chi connectivity index (χ1v) is 5.61. The first-order valence-electron chi connectivity index (χ1n) is 5.61. The molecule has 0 spiro atoms. The molecular weight excluding hydrogens is 156 g/mol. The quantitative estimate of drug-likeness (QED) is 0.387. The highest BCUT2D eigenvalue weighted by molar-refractivity contribution is 4.96. The molecule has 13 heavy (non-hydrogen) atoms. The molecule has 76 valence electrons. The summed E-state index contributed by atoms with van der Waals surface area (Å²) in [7, 11) is 0. The van der Waals surface area contributed by atoms with E-state index in [4.69, 9.17) is 0 Å². The molecular formula is C13H24. The second-order valence-corrected chi connectivity index (χ2v) is 3.57. The van der Waals surface area contributed by atoms with Crippen LogP contribution in [-0.2, 0) is 0 Å². The maximum atomic E-state index is 2.38. The number of rotatable bonds is 7. The standard InChI is InChI=1S/C13H24/c1-4-6-7-8-9-10-11-12-13(3)5-2/h6-7,12H,4-5,8-11H2,1-3H3. The maximum Gasteiger partial charge on any atom is -0.0348 e. The lowest BCUT2D eigenvalue weighted by Crippen LogP contribution is -1.75. The average molecular weight is 180 g/mol. The van der Waals surface area contributed by atoms with Crippen LogP contribution in [0, 0.1) is 0 Å². The Bertz CT molecular complexity index is 151. The van der Waals surface area contributed by atoms with Crippen molar-refractivity contribution in [2.75, 3.05) is 0 Å². The molecule has 0 saturated carbocycles. The number of unbranched alkanes of at least 4 members (excludes halogenated alkanes) is 3. The van der Waals surface area contributed by atoms with E-state index in [0.29, 0.717) is 0 Å². The zero-order chi connectivity index (χ0) is 9.94. The van der Waals surface area contributed by atoms with Gasteiger partial charge in [0.25, 0.3) is 0 Å². The van der Waals surface area contributed by atoms with Gasteiger partial charge in [0.2, 0.25) is 0 Å². The Labute approximate surface area is 83.7 Å². The first-order chi connectivity index (χ1) is 6.31. The lowest BCUT2D eigenvalue weighted by atomic mass is 10.1. The SMILES string of the molecule is CCC=CCCCCC=C(C)CC. The van der Waals surface area contributed by atoms with Gasteiger partial charge >= 0.3 is 0 Å². The molecule has 0 radical (unpaired) electrons. The highest BCUT2D eigenvalue weighted by Crippen LogP contribution is 2.06. The molecule has 0 atom stereocenters. The molecule has 0 amide bonds. The predicted molar refractivity (Wildman–Crippen MR) is 61.9 cm³/mol. The second kappa shape index (κ2) is 9.57. The third-order valence-corrected chi connectivity index (χ3v) is 2.28. The van der Waals surface area contributed by atoms with Crippen molar-refractivity contribution in [2.45, 2.75) is 59.3 Å². The Balaban J connectivity index is 3.21. The molecule has 0 N–H and O–H groups in total. The fourth-order valence-electron chi connectivity index (χ4n) is 1.18. The summed E-state index contributed by atoms with van der Waals surface area (Å²) < 4.78 is 0. The van der Waals surface area contributed by atoms with E-state index in [1.54, 1.807) is 0 Å². The third kappa shape index (κ3) is 9.39. The summed E-state index contributed by atoms with van der Waals surface area (Å²) in [5, 5.41) is 0. The molecule has 0 aromatic rings. The van der Waals surface area contributed by atoms with Gasteiger partial charge < -0.3 is 0 Å². The largest absolute Gasteiger partial charge is 0.0888 e. The molecule has 0 heteroatoms. The van der Waals surface area contributed by atoms with Crippen LogP contribution in [0.1, 0.15) is 59.3 Å². The van der Waals surface area contributed by atoms with Gasteiger partial charge in [0.1, 0.15) is 0 Å². The zero-order valence-corrected chi connectivity index (χ0v) is 9.47.